The maximum Gasteiger partial charge on any atom is 0.271 e. The van der Waals surface area contributed by atoms with E-state index in [9.17, 15) is 4.79 Å². The summed E-state index contributed by atoms with van der Waals surface area (Å²) in [6.07, 6.45) is 0.970. The fraction of sp³-hybridized carbons (Fsp3) is 0.357. The summed E-state index contributed by atoms with van der Waals surface area (Å²) >= 11 is 0. The summed E-state index contributed by atoms with van der Waals surface area (Å²) in [4.78, 5) is 11.3. The highest BCUT2D eigenvalue weighted by Gasteiger charge is 2.17. The Labute approximate surface area is 122 Å². The third-order valence-electron chi connectivity index (χ3n) is 3.12. The average molecular weight is 290 g/mol. The smallest absolute Gasteiger partial charge is 0.271 e. The number of primary amides is 1. The molecule has 0 fully saturated rings. The Balaban J connectivity index is 2.39. The highest BCUT2D eigenvalue weighted by molar-refractivity contribution is 5.96. The molecule has 2 aromatic rings. The molecule has 0 bridgehead atoms. The minimum absolute atomic E-state index is 0.0815. The van der Waals surface area contributed by atoms with Crippen molar-refractivity contribution in [3.8, 4) is 22.8 Å². The summed E-state index contributed by atoms with van der Waals surface area (Å²) in [6, 6.07) is 5.30. The van der Waals surface area contributed by atoms with Crippen molar-refractivity contribution in [3.63, 3.8) is 0 Å². The Bertz CT molecular complexity index is 639. The number of methoxy groups -OCH3 is 1. The zero-order chi connectivity index (χ0) is 15.4. The molecule has 1 heterocycles. The van der Waals surface area contributed by atoms with Crippen LogP contribution < -0.4 is 15.2 Å². The van der Waals surface area contributed by atoms with Gasteiger partial charge < -0.3 is 15.2 Å². The Morgan fingerprint density at radius 3 is 2.76 bits per heavy atom. The van der Waals surface area contributed by atoms with Gasteiger partial charge in [0, 0.05) is 5.56 Å². The van der Waals surface area contributed by atoms with E-state index < -0.39 is 5.91 Å². The topological polar surface area (TPSA) is 103 Å². The normalized spacial score (nSPS) is 12.0. The van der Waals surface area contributed by atoms with Crippen LogP contribution in [0.25, 0.3) is 11.3 Å². The standard InChI is InChI=1S/C14H18N4O3/c1-4-8(2)21-10-6-5-9(7-11(10)20-3)12-13(14(15)19)17-18-16-12/h5-8H,4H2,1-3H3,(H2,15,19)(H,16,17,18). The number of carbonyl (C=O) groups is 1. The van der Waals surface area contributed by atoms with Gasteiger partial charge in [0.2, 0.25) is 0 Å². The van der Waals surface area contributed by atoms with Crippen LogP contribution in [-0.4, -0.2) is 34.5 Å². The number of aromatic amines is 1. The second-order valence-electron chi connectivity index (χ2n) is 4.59. The fourth-order valence-corrected chi connectivity index (χ4v) is 1.82. The molecule has 7 heteroatoms. The van der Waals surface area contributed by atoms with Crippen molar-refractivity contribution < 1.29 is 14.3 Å². The summed E-state index contributed by atoms with van der Waals surface area (Å²) in [5.74, 6) is 0.559. The number of carbonyl (C=O) groups excluding carboxylic acids is 1. The first-order chi connectivity index (χ1) is 10.1. The molecular weight excluding hydrogens is 272 g/mol. The van der Waals surface area contributed by atoms with Gasteiger partial charge in [-0.05, 0) is 31.5 Å². The third-order valence-corrected chi connectivity index (χ3v) is 3.12. The van der Waals surface area contributed by atoms with E-state index in [1.54, 1.807) is 25.3 Å². The van der Waals surface area contributed by atoms with Crippen molar-refractivity contribution >= 4 is 5.91 Å². The lowest BCUT2D eigenvalue weighted by Crippen LogP contribution is -2.13. The lowest BCUT2D eigenvalue weighted by molar-refractivity contribution is 0.0996. The molecule has 1 unspecified atom stereocenters. The van der Waals surface area contributed by atoms with Gasteiger partial charge in [0.25, 0.3) is 5.91 Å². The van der Waals surface area contributed by atoms with Gasteiger partial charge in [0.1, 0.15) is 5.69 Å². The second kappa shape index (κ2) is 6.25. The van der Waals surface area contributed by atoms with E-state index in [0.717, 1.165) is 6.42 Å². The molecular formula is C14H18N4O3. The number of benzene rings is 1. The first-order valence-electron chi connectivity index (χ1n) is 6.62. The van der Waals surface area contributed by atoms with Gasteiger partial charge in [-0.25, -0.2) is 0 Å². The molecule has 3 N–H and O–H groups in total. The monoisotopic (exact) mass is 290 g/mol. The maximum absolute atomic E-state index is 11.3. The van der Waals surface area contributed by atoms with Crippen LogP contribution in [0.3, 0.4) is 0 Å². The highest BCUT2D eigenvalue weighted by atomic mass is 16.5. The lowest BCUT2D eigenvalue weighted by atomic mass is 10.1. The Hall–Kier alpha value is -2.57. The first-order valence-corrected chi connectivity index (χ1v) is 6.62. The quantitative estimate of drug-likeness (QED) is 0.843. The van der Waals surface area contributed by atoms with Crippen LogP contribution in [0, 0.1) is 0 Å². The zero-order valence-corrected chi connectivity index (χ0v) is 12.2. The van der Waals surface area contributed by atoms with E-state index in [1.807, 2.05) is 13.8 Å². The number of nitrogens with zero attached hydrogens (tertiary/aromatic N) is 2. The van der Waals surface area contributed by atoms with Crippen LogP contribution >= 0.6 is 0 Å². The number of amides is 1. The number of nitrogens with one attached hydrogen (secondary N) is 1. The molecule has 0 radical (unpaired) electrons. The predicted molar refractivity (Wildman–Crippen MR) is 77.3 cm³/mol. The van der Waals surface area contributed by atoms with Gasteiger partial charge in [-0.1, -0.05) is 6.92 Å². The van der Waals surface area contributed by atoms with Gasteiger partial charge >= 0.3 is 0 Å². The molecule has 112 valence electrons. The van der Waals surface area contributed by atoms with E-state index in [-0.39, 0.29) is 11.8 Å². The third kappa shape index (κ3) is 3.13. The largest absolute Gasteiger partial charge is 0.493 e. The number of aromatic nitrogens is 3. The average Bonchev–Trinajstić information content (AvgIpc) is 2.97. The Morgan fingerprint density at radius 2 is 2.14 bits per heavy atom. The van der Waals surface area contributed by atoms with Gasteiger partial charge in [-0.15, -0.1) is 0 Å². The number of hydrogen-bond acceptors (Lipinski definition) is 5. The summed E-state index contributed by atoms with van der Waals surface area (Å²) in [5, 5.41) is 10.1. The first kappa shape index (κ1) is 14.8. The number of ether oxygens (including phenoxy) is 2. The molecule has 0 aliphatic carbocycles. The van der Waals surface area contributed by atoms with Crippen LogP contribution in [-0.2, 0) is 0 Å². The van der Waals surface area contributed by atoms with Crippen LogP contribution in [0.15, 0.2) is 18.2 Å². The number of nitrogens with two attached hydrogens (primary N) is 1. The number of H-pyrrole nitrogens is 1. The summed E-state index contributed by atoms with van der Waals surface area (Å²) in [6.45, 7) is 4.02. The van der Waals surface area contributed by atoms with Crippen molar-refractivity contribution in [2.75, 3.05) is 7.11 Å². The van der Waals surface area contributed by atoms with Crippen LogP contribution in [0.5, 0.6) is 11.5 Å². The molecule has 7 nitrogen and oxygen atoms in total. The number of rotatable bonds is 6. The molecule has 0 saturated carbocycles. The zero-order valence-electron chi connectivity index (χ0n) is 12.2. The van der Waals surface area contributed by atoms with E-state index in [1.165, 1.54) is 0 Å². The molecule has 1 amide bonds. The van der Waals surface area contributed by atoms with Crippen molar-refractivity contribution in [3.05, 3.63) is 23.9 Å². The molecule has 1 atom stereocenters. The molecule has 21 heavy (non-hydrogen) atoms. The molecule has 0 spiro atoms. The van der Waals surface area contributed by atoms with E-state index >= 15 is 0 Å². The molecule has 0 aliphatic heterocycles. The minimum atomic E-state index is -0.641. The van der Waals surface area contributed by atoms with Crippen molar-refractivity contribution in [1.82, 2.24) is 15.4 Å². The van der Waals surface area contributed by atoms with E-state index in [4.69, 9.17) is 15.2 Å². The fourth-order valence-electron chi connectivity index (χ4n) is 1.82. The van der Waals surface area contributed by atoms with Gasteiger partial charge in [-0.2, -0.15) is 15.4 Å². The van der Waals surface area contributed by atoms with E-state index in [2.05, 4.69) is 15.4 Å². The summed E-state index contributed by atoms with van der Waals surface area (Å²) < 4.78 is 11.1. The molecule has 2 rings (SSSR count). The van der Waals surface area contributed by atoms with Crippen molar-refractivity contribution in [2.24, 2.45) is 5.73 Å². The molecule has 0 aliphatic rings. The van der Waals surface area contributed by atoms with Gasteiger partial charge in [-0.3, -0.25) is 4.79 Å². The molecule has 1 aromatic heterocycles. The summed E-state index contributed by atoms with van der Waals surface area (Å²) in [5.41, 5.74) is 6.41. The second-order valence-corrected chi connectivity index (χ2v) is 4.59. The lowest BCUT2D eigenvalue weighted by Gasteiger charge is -2.16. The van der Waals surface area contributed by atoms with E-state index in [0.29, 0.717) is 22.8 Å². The Morgan fingerprint density at radius 1 is 1.38 bits per heavy atom. The van der Waals surface area contributed by atoms with Gasteiger partial charge in [0.15, 0.2) is 17.2 Å². The summed E-state index contributed by atoms with van der Waals surface area (Å²) in [7, 11) is 1.56. The maximum atomic E-state index is 11.3. The molecule has 0 saturated heterocycles. The van der Waals surface area contributed by atoms with Crippen LogP contribution in [0.4, 0.5) is 0 Å². The van der Waals surface area contributed by atoms with Crippen LogP contribution in [0.2, 0.25) is 0 Å². The van der Waals surface area contributed by atoms with Crippen molar-refractivity contribution in [1.29, 1.82) is 0 Å². The predicted octanol–water partition coefficient (Wildman–Crippen LogP) is 1.76. The van der Waals surface area contributed by atoms with Crippen molar-refractivity contribution in [2.45, 2.75) is 26.4 Å². The SMILES string of the molecule is CCC(C)Oc1ccc(-c2n[nH]nc2C(N)=O)cc1OC. The van der Waals surface area contributed by atoms with Crippen LogP contribution in [0.1, 0.15) is 30.8 Å². The van der Waals surface area contributed by atoms with Gasteiger partial charge in [0.05, 0.1) is 13.2 Å². The highest BCUT2D eigenvalue weighted by Crippen LogP contribution is 2.33. The minimum Gasteiger partial charge on any atom is -0.493 e. The number of hydrogen-bond donors (Lipinski definition) is 2. The molecule has 1 aromatic carbocycles. The Kier molecular flexibility index (Phi) is 4.42.